The molecule has 0 atom stereocenters. The van der Waals surface area contributed by atoms with Gasteiger partial charge in [0.1, 0.15) is 0 Å². The van der Waals surface area contributed by atoms with Crippen molar-refractivity contribution in [3.05, 3.63) is 45.5 Å². The highest BCUT2D eigenvalue weighted by atomic mass is 35.5. The highest BCUT2D eigenvalue weighted by molar-refractivity contribution is 6.42. The molecule has 1 aliphatic rings. The van der Waals surface area contributed by atoms with Gasteiger partial charge in [0.05, 0.1) is 15.6 Å². The number of nitrogens with two attached hydrogens (primary N) is 1. The molecule has 1 fully saturated rings. The van der Waals surface area contributed by atoms with Crippen molar-refractivity contribution in [3.8, 4) is 0 Å². The zero-order chi connectivity index (χ0) is 14.2. The number of benzene rings is 1. The molecule has 1 aromatic heterocycles. The van der Waals surface area contributed by atoms with Gasteiger partial charge in [0.2, 0.25) is 5.89 Å². The zero-order valence-electron chi connectivity index (χ0n) is 10.9. The highest BCUT2D eigenvalue weighted by Crippen LogP contribution is 2.36. The fourth-order valence-electron chi connectivity index (χ4n) is 2.29. The lowest BCUT2D eigenvalue weighted by Crippen LogP contribution is -2.44. The van der Waals surface area contributed by atoms with Crippen molar-refractivity contribution in [1.82, 2.24) is 10.1 Å². The largest absolute Gasteiger partial charge is 0.339 e. The Bertz CT molecular complexity index is 623. The van der Waals surface area contributed by atoms with Gasteiger partial charge in [-0.2, -0.15) is 4.98 Å². The van der Waals surface area contributed by atoms with Gasteiger partial charge >= 0.3 is 0 Å². The second-order valence-corrected chi connectivity index (χ2v) is 6.08. The summed E-state index contributed by atoms with van der Waals surface area (Å²) in [7, 11) is 0. The minimum Gasteiger partial charge on any atom is -0.339 e. The number of rotatable bonds is 4. The molecule has 0 spiro atoms. The van der Waals surface area contributed by atoms with Crippen LogP contribution in [0.5, 0.6) is 0 Å². The fourth-order valence-corrected chi connectivity index (χ4v) is 2.61. The van der Waals surface area contributed by atoms with Crippen LogP contribution in [0.2, 0.25) is 10.0 Å². The number of nitrogens with zero attached hydrogens (tertiary/aromatic N) is 2. The van der Waals surface area contributed by atoms with Gasteiger partial charge in [0.25, 0.3) is 0 Å². The first-order valence-corrected chi connectivity index (χ1v) is 7.38. The Morgan fingerprint density at radius 1 is 1.20 bits per heavy atom. The molecular weight excluding hydrogens is 297 g/mol. The van der Waals surface area contributed by atoms with Gasteiger partial charge in [-0.05, 0) is 43.4 Å². The van der Waals surface area contributed by atoms with Crippen molar-refractivity contribution < 1.29 is 4.52 Å². The van der Waals surface area contributed by atoms with Crippen LogP contribution in [0, 0.1) is 0 Å². The average molecular weight is 312 g/mol. The van der Waals surface area contributed by atoms with Crippen LogP contribution in [0.25, 0.3) is 0 Å². The molecule has 2 N–H and O–H groups in total. The molecule has 6 heteroatoms. The summed E-state index contributed by atoms with van der Waals surface area (Å²) >= 11 is 11.9. The molecule has 1 aliphatic carbocycles. The van der Waals surface area contributed by atoms with Crippen LogP contribution >= 0.6 is 23.2 Å². The summed E-state index contributed by atoms with van der Waals surface area (Å²) in [6.07, 6.45) is 4.43. The van der Waals surface area contributed by atoms with Crippen molar-refractivity contribution in [2.24, 2.45) is 5.73 Å². The lowest BCUT2D eigenvalue weighted by molar-refractivity contribution is 0.229. The van der Waals surface area contributed by atoms with Gasteiger partial charge in [-0.3, -0.25) is 0 Å². The zero-order valence-corrected chi connectivity index (χ0v) is 12.4. The lowest BCUT2D eigenvalue weighted by Gasteiger charge is -2.34. The van der Waals surface area contributed by atoms with Crippen LogP contribution < -0.4 is 5.73 Å². The van der Waals surface area contributed by atoms with Gasteiger partial charge in [-0.15, -0.1) is 0 Å². The first kappa shape index (κ1) is 13.9. The topological polar surface area (TPSA) is 64.9 Å². The predicted molar refractivity (Wildman–Crippen MR) is 77.9 cm³/mol. The van der Waals surface area contributed by atoms with Crippen molar-refractivity contribution in [3.63, 3.8) is 0 Å². The molecular formula is C14H15Cl2N3O. The van der Waals surface area contributed by atoms with Gasteiger partial charge in [0.15, 0.2) is 5.82 Å². The summed E-state index contributed by atoms with van der Waals surface area (Å²) in [5.74, 6) is 1.25. The Labute approximate surface area is 127 Å². The monoisotopic (exact) mass is 311 g/mol. The van der Waals surface area contributed by atoms with Crippen LogP contribution in [0.15, 0.2) is 22.7 Å². The van der Waals surface area contributed by atoms with E-state index in [1.807, 2.05) is 12.1 Å². The first-order chi connectivity index (χ1) is 9.57. The Hall–Kier alpha value is -1.10. The second kappa shape index (κ2) is 5.35. The Morgan fingerprint density at radius 2 is 2.00 bits per heavy atom. The minimum absolute atomic E-state index is 0.370. The molecule has 1 aromatic carbocycles. The van der Waals surface area contributed by atoms with E-state index in [1.165, 1.54) is 0 Å². The number of hydrogen-bond acceptors (Lipinski definition) is 4. The lowest BCUT2D eigenvalue weighted by atomic mass is 9.77. The summed E-state index contributed by atoms with van der Waals surface area (Å²) in [6.45, 7) is 0. The molecule has 0 unspecified atom stereocenters. The molecule has 1 heterocycles. The van der Waals surface area contributed by atoms with Crippen molar-refractivity contribution in [2.45, 2.75) is 37.6 Å². The van der Waals surface area contributed by atoms with E-state index in [9.17, 15) is 0 Å². The summed E-state index contributed by atoms with van der Waals surface area (Å²) in [6, 6.07) is 5.60. The molecule has 20 heavy (non-hydrogen) atoms. The molecule has 0 bridgehead atoms. The van der Waals surface area contributed by atoms with E-state index in [-0.39, 0.29) is 5.54 Å². The minimum atomic E-state index is -0.370. The summed E-state index contributed by atoms with van der Waals surface area (Å²) in [5.41, 5.74) is 6.88. The smallest absolute Gasteiger partial charge is 0.227 e. The summed E-state index contributed by atoms with van der Waals surface area (Å²) in [5, 5.41) is 5.12. The van der Waals surface area contributed by atoms with Crippen molar-refractivity contribution in [2.75, 3.05) is 0 Å². The van der Waals surface area contributed by atoms with E-state index < -0.39 is 0 Å². The maximum Gasteiger partial charge on any atom is 0.227 e. The molecule has 3 rings (SSSR count). The van der Waals surface area contributed by atoms with Crippen LogP contribution in [0.3, 0.4) is 0 Å². The summed E-state index contributed by atoms with van der Waals surface area (Å²) < 4.78 is 5.26. The normalized spacial score (nSPS) is 16.9. The molecule has 0 radical (unpaired) electrons. The number of halogens is 2. The molecule has 0 amide bonds. The average Bonchev–Trinajstić information content (AvgIpc) is 2.86. The van der Waals surface area contributed by atoms with Crippen molar-refractivity contribution >= 4 is 23.2 Å². The number of hydrogen-bond donors (Lipinski definition) is 1. The molecule has 4 nitrogen and oxygen atoms in total. The highest BCUT2D eigenvalue weighted by Gasteiger charge is 2.38. The number of aryl methyl sites for hydroxylation is 2. The standard InChI is InChI=1S/C14H15Cl2N3O/c15-10-4-2-9(8-11(10)16)3-5-12-18-13(19-20-12)14(17)6-1-7-14/h2,4,8H,1,3,5-7,17H2. The maximum absolute atomic E-state index is 6.16. The van der Waals surface area contributed by atoms with E-state index in [0.29, 0.717) is 28.2 Å². The van der Waals surface area contributed by atoms with Crippen LogP contribution in [-0.4, -0.2) is 10.1 Å². The Balaban J connectivity index is 1.65. The van der Waals surface area contributed by atoms with E-state index in [1.54, 1.807) is 6.07 Å². The van der Waals surface area contributed by atoms with E-state index in [0.717, 1.165) is 31.2 Å². The molecule has 2 aromatic rings. The van der Waals surface area contributed by atoms with E-state index in [2.05, 4.69) is 10.1 Å². The Kier molecular flexibility index (Phi) is 3.71. The third-order valence-electron chi connectivity index (χ3n) is 3.77. The van der Waals surface area contributed by atoms with Gasteiger partial charge in [-0.1, -0.05) is 34.4 Å². The van der Waals surface area contributed by atoms with Gasteiger partial charge in [-0.25, -0.2) is 0 Å². The second-order valence-electron chi connectivity index (χ2n) is 5.27. The molecule has 106 valence electrons. The van der Waals surface area contributed by atoms with E-state index >= 15 is 0 Å². The number of aromatic nitrogens is 2. The van der Waals surface area contributed by atoms with Gasteiger partial charge in [0, 0.05) is 6.42 Å². The Morgan fingerprint density at radius 3 is 2.65 bits per heavy atom. The first-order valence-electron chi connectivity index (χ1n) is 6.63. The van der Waals surface area contributed by atoms with Crippen molar-refractivity contribution in [1.29, 1.82) is 0 Å². The molecule has 0 saturated heterocycles. The SMILES string of the molecule is NC1(c2noc(CCc3ccc(Cl)c(Cl)c3)n2)CCC1. The fraction of sp³-hybridized carbons (Fsp3) is 0.429. The summed E-state index contributed by atoms with van der Waals surface area (Å²) in [4.78, 5) is 4.40. The van der Waals surface area contributed by atoms with Crippen LogP contribution in [-0.2, 0) is 18.4 Å². The van der Waals surface area contributed by atoms with Gasteiger partial charge < -0.3 is 10.3 Å². The maximum atomic E-state index is 6.16. The van der Waals surface area contributed by atoms with Crippen LogP contribution in [0.4, 0.5) is 0 Å². The quantitative estimate of drug-likeness (QED) is 0.938. The third-order valence-corrected chi connectivity index (χ3v) is 4.51. The molecule has 1 saturated carbocycles. The van der Waals surface area contributed by atoms with Crippen LogP contribution in [0.1, 0.15) is 36.5 Å². The molecule has 0 aliphatic heterocycles. The third kappa shape index (κ3) is 2.68. The predicted octanol–water partition coefficient (Wildman–Crippen LogP) is 3.50. The van der Waals surface area contributed by atoms with E-state index in [4.69, 9.17) is 33.5 Å².